The molecule has 0 saturated carbocycles. The van der Waals surface area contributed by atoms with Gasteiger partial charge in [-0.3, -0.25) is 4.18 Å². The third-order valence-electron chi connectivity index (χ3n) is 1.71. The van der Waals surface area contributed by atoms with E-state index in [0.29, 0.717) is 0 Å². The van der Waals surface area contributed by atoms with Crippen molar-refractivity contribution in [1.29, 1.82) is 0 Å². The molecule has 0 heterocycles. The van der Waals surface area contributed by atoms with Gasteiger partial charge in [-0.2, -0.15) is 21.6 Å². The molecule has 17 heavy (non-hydrogen) atoms. The molecule has 0 aliphatic heterocycles. The number of alkyl halides is 3. The Morgan fingerprint density at radius 3 is 2.29 bits per heavy atom. The highest BCUT2D eigenvalue weighted by Crippen LogP contribution is 2.24. The molecular formula is C10H9F3O3S. The van der Waals surface area contributed by atoms with Crippen LogP contribution in [0, 0.1) is 0 Å². The van der Waals surface area contributed by atoms with E-state index in [1.807, 2.05) is 0 Å². The summed E-state index contributed by atoms with van der Waals surface area (Å²) < 4.78 is 60.3. The molecule has 0 N–H and O–H groups in total. The van der Waals surface area contributed by atoms with Crippen LogP contribution in [-0.4, -0.2) is 20.5 Å². The Morgan fingerprint density at radius 2 is 1.76 bits per heavy atom. The third-order valence-corrected chi connectivity index (χ3v) is 2.73. The Labute approximate surface area is 96.6 Å². The lowest BCUT2D eigenvalue weighted by Gasteiger charge is -2.05. The molecule has 0 aliphatic carbocycles. The Morgan fingerprint density at radius 1 is 1.18 bits per heavy atom. The van der Waals surface area contributed by atoms with Crippen LogP contribution in [0.4, 0.5) is 13.2 Å². The zero-order chi connectivity index (χ0) is 12.9. The van der Waals surface area contributed by atoms with Crippen LogP contribution in [0.25, 0.3) is 6.08 Å². The lowest BCUT2D eigenvalue weighted by Crippen LogP contribution is -2.25. The van der Waals surface area contributed by atoms with E-state index >= 15 is 0 Å². The predicted molar refractivity (Wildman–Crippen MR) is 56.4 cm³/mol. The molecule has 0 unspecified atom stereocenters. The van der Waals surface area contributed by atoms with E-state index in [1.54, 1.807) is 30.3 Å². The van der Waals surface area contributed by atoms with Crippen molar-refractivity contribution in [3.05, 3.63) is 42.0 Å². The standard InChI is InChI=1S/C10H9F3O3S/c11-10(12,13)17(14,15)16-8-4-7-9-5-2-1-3-6-9/h1-7H,8H2. The van der Waals surface area contributed by atoms with Crippen LogP contribution in [0.2, 0.25) is 0 Å². The molecule has 0 aliphatic rings. The van der Waals surface area contributed by atoms with Crippen molar-refractivity contribution < 1.29 is 25.8 Å². The molecule has 0 saturated heterocycles. The minimum atomic E-state index is -5.50. The van der Waals surface area contributed by atoms with Gasteiger partial charge in [0.05, 0.1) is 6.61 Å². The summed E-state index contributed by atoms with van der Waals surface area (Å²) in [5.74, 6) is 0. The van der Waals surface area contributed by atoms with Gasteiger partial charge in [-0.05, 0) is 5.56 Å². The first-order chi connectivity index (χ1) is 7.83. The molecule has 1 rings (SSSR count). The van der Waals surface area contributed by atoms with Crippen LogP contribution in [0.5, 0.6) is 0 Å². The fourth-order valence-corrected chi connectivity index (χ4v) is 1.34. The molecule has 0 atom stereocenters. The van der Waals surface area contributed by atoms with Crippen LogP contribution < -0.4 is 0 Å². The average molecular weight is 266 g/mol. The largest absolute Gasteiger partial charge is 0.523 e. The normalized spacial score (nSPS) is 13.1. The van der Waals surface area contributed by atoms with Crippen molar-refractivity contribution in [2.45, 2.75) is 5.51 Å². The summed E-state index contributed by atoms with van der Waals surface area (Å²) in [6.07, 6.45) is 2.66. The molecule has 0 aromatic heterocycles. The van der Waals surface area contributed by atoms with Crippen LogP contribution in [0.1, 0.15) is 5.56 Å². The molecule has 0 amide bonds. The second-order valence-electron chi connectivity index (χ2n) is 3.00. The minimum absolute atomic E-state index is 0.656. The van der Waals surface area contributed by atoms with Crippen LogP contribution in [0.15, 0.2) is 36.4 Å². The molecule has 1 aromatic rings. The van der Waals surface area contributed by atoms with Crippen molar-refractivity contribution in [3.8, 4) is 0 Å². The molecule has 0 fully saturated rings. The molecular weight excluding hydrogens is 257 g/mol. The topological polar surface area (TPSA) is 43.4 Å². The first kappa shape index (κ1) is 13.7. The minimum Gasteiger partial charge on any atom is -0.259 e. The van der Waals surface area contributed by atoms with Gasteiger partial charge in [0.25, 0.3) is 0 Å². The van der Waals surface area contributed by atoms with Gasteiger partial charge in [-0.15, -0.1) is 0 Å². The predicted octanol–water partition coefficient (Wildman–Crippen LogP) is 2.57. The maximum atomic E-state index is 11.8. The highest BCUT2D eigenvalue weighted by Gasteiger charge is 2.47. The maximum Gasteiger partial charge on any atom is 0.523 e. The molecule has 7 heteroatoms. The lowest BCUT2D eigenvalue weighted by molar-refractivity contribution is -0.0535. The summed E-state index contributed by atoms with van der Waals surface area (Å²) >= 11 is 0. The van der Waals surface area contributed by atoms with Crippen molar-refractivity contribution in [1.82, 2.24) is 0 Å². The molecule has 0 radical (unpaired) electrons. The fourth-order valence-electron chi connectivity index (χ4n) is 0.944. The van der Waals surface area contributed by atoms with E-state index in [2.05, 4.69) is 4.18 Å². The first-order valence-electron chi connectivity index (χ1n) is 4.50. The summed E-state index contributed by atoms with van der Waals surface area (Å²) in [6.45, 7) is -0.656. The molecule has 3 nitrogen and oxygen atoms in total. The monoisotopic (exact) mass is 266 g/mol. The lowest BCUT2D eigenvalue weighted by atomic mass is 10.2. The van der Waals surface area contributed by atoms with Gasteiger partial charge in [0.15, 0.2) is 0 Å². The molecule has 94 valence electrons. The highest BCUT2D eigenvalue weighted by atomic mass is 32.2. The highest BCUT2D eigenvalue weighted by molar-refractivity contribution is 7.87. The number of halogens is 3. The van der Waals surface area contributed by atoms with Crippen molar-refractivity contribution >= 4 is 16.2 Å². The summed E-state index contributed by atoms with van der Waals surface area (Å²) in [5.41, 5.74) is -4.64. The first-order valence-corrected chi connectivity index (χ1v) is 5.91. The van der Waals surface area contributed by atoms with Crippen molar-refractivity contribution in [3.63, 3.8) is 0 Å². The zero-order valence-corrected chi connectivity index (χ0v) is 9.33. The molecule has 1 aromatic carbocycles. The fraction of sp³-hybridized carbons (Fsp3) is 0.200. The van der Waals surface area contributed by atoms with E-state index in [1.165, 1.54) is 12.2 Å². The smallest absolute Gasteiger partial charge is 0.259 e. The van der Waals surface area contributed by atoms with E-state index in [9.17, 15) is 21.6 Å². The Kier molecular flexibility index (Phi) is 4.30. The van der Waals surface area contributed by atoms with Crippen molar-refractivity contribution in [2.75, 3.05) is 6.61 Å². The van der Waals surface area contributed by atoms with Gasteiger partial charge >= 0.3 is 15.6 Å². The van der Waals surface area contributed by atoms with Gasteiger partial charge in [-0.1, -0.05) is 42.5 Å². The zero-order valence-electron chi connectivity index (χ0n) is 8.52. The summed E-state index contributed by atoms with van der Waals surface area (Å²) in [5, 5.41) is 0. The maximum absolute atomic E-state index is 11.8. The summed E-state index contributed by atoms with van der Waals surface area (Å²) in [7, 11) is -5.50. The van der Waals surface area contributed by atoms with E-state index in [4.69, 9.17) is 0 Å². The van der Waals surface area contributed by atoms with Gasteiger partial charge in [0.1, 0.15) is 0 Å². The number of rotatable bonds is 4. The Hall–Kier alpha value is -1.34. The summed E-state index contributed by atoms with van der Waals surface area (Å²) in [4.78, 5) is 0. The second kappa shape index (κ2) is 5.33. The van der Waals surface area contributed by atoms with Gasteiger partial charge in [0, 0.05) is 0 Å². The summed E-state index contributed by atoms with van der Waals surface area (Å²) in [6, 6.07) is 8.70. The molecule has 0 spiro atoms. The third kappa shape index (κ3) is 4.20. The Balaban J connectivity index is 2.52. The molecule has 0 bridgehead atoms. The average Bonchev–Trinajstić information content (AvgIpc) is 2.24. The van der Waals surface area contributed by atoms with E-state index in [-0.39, 0.29) is 0 Å². The van der Waals surface area contributed by atoms with Crippen molar-refractivity contribution in [2.24, 2.45) is 0 Å². The number of benzene rings is 1. The van der Waals surface area contributed by atoms with E-state index in [0.717, 1.165) is 5.56 Å². The van der Waals surface area contributed by atoms with Gasteiger partial charge < -0.3 is 0 Å². The number of hydrogen-bond donors (Lipinski definition) is 0. The Bertz CT molecular complexity index is 477. The van der Waals surface area contributed by atoms with E-state index < -0.39 is 22.2 Å². The van der Waals surface area contributed by atoms with Crippen LogP contribution >= 0.6 is 0 Å². The number of hydrogen-bond acceptors (Lipinski definition) is 3. The second-order valence-corrected chi connectivity index (χ2v) is 4.60. The van der Waals surface area contributed by atoms with Gasteiger partial charge in [0.2, 0.25) is 0 Å². The van der Waals surface area contributed by atoms with Crippen LogP contribution in [0.3, 0.4) is 0 Å². The van der Waals surface area contributed by atoms with Gasteiger partial charge in [-0.25, -0.2) is 0 Å². The van der Waals surface area contributed by atoms with Crippen LogP contribution in [-0.2, 0) is 14.3 Å². The quantitative estimate of drug-likeness (QED) is 0.621. The SMILES string of the molecule is O=S(=O)(OCC=Cc1ccccc1)C(F)(F)F.